The lowest BCUT2D eigenvalue weighted by atomic mass is 9.82. The normalized spacial score (nSPS) is 13.2. The minimum Gasteiger partial charge on any atom is -0.469 e. The number of hydrogen-bond acceptors (Lipinski definition) is 4. The van der Waals surface area contributed by atoms with E-state index in [0.29, 0.717) is 11.3 Å². The van der Waals surface area contributed by atoms with Crippen LogP contribution in [0.3, 0.4) is 0 Å². The van der Waals surface area contributed by atoms with Gasteiger partial charge in [-0.2, -0.15) is 0 Å². The highest BCUT2D eigenvalue weighted by atomic mass is 16.5. The van der Waals surface area contributed by atoms with Gasteiger partial charge in [-0.1, -0.05) is 12.1 Å². The fourth-order valence-corrected chi connectivity index (χ4v) is 1.47. The molecule has 1 atom stereocenters. The quantitative estimate of drug-likeness (QED) is 0.601. The third-order valence-electron chi connectivity index (χ3n) is 2.65. The number of hydrogen-bond donors (Lipinski definition) is 2. The number of aliphatic hydroxyl groups excluding tert-OH is 1. The Morgan fingerprint density at radius 2 is 1.88 bits per heavy atom. The van der Waals surface area contributed by atoms with Crippen LogP contribution in [0.25, 0.3) is 0 Å². The summed E-state index contributed by atoms with van der Waals surface area (Å²) in [6, 6.07) is 6.77. The summed E-state index contributed by atoms with van der Waals surface area (Å²) in [5, 5.41) is 10.1. The molecule has 1 aromatic rings. The highest BCUT2D eigenvalue weighted by molar-refractivity contribution is 5.76. The van der Waals surface area contributed by atoms with Gasteiger partial charge < -0.3 is 15.6 Å². The van der Waals surface area contributed by atoms with Crippen molar-refractivity contribution in [3.05, 3.63) is 29.8 Å². The number of ether oxygens (including phenoxy) is 1. The highest BCUT2D eigenvalue weighted by Crippen LogP contribution is 2.34. The molecule has 1 unspecified atom stereocenters. The molecule has 0 heterocycles. The van der Waals surface area contributed by atoms with Gasteiger partial charge in [-0.3, -0.25) is 4.79 Å². The van der Waals surface area contributed by atoms with E-state index < -0.39 is 17.5 Å². The monoisotopic (exact) mass is 223 g/mol. The van der Waals surface area contributed by atoms with Gasteiger partial charge in [0.25, 0.3) is 0 Å². The third-order valence-corrected chi connectivity index (χ3v) is 2.65. The number of rotatable bonds is 3. The first kappa shape index (κ1) is 12.5. The van der Waals surface area contributed by atoms with E-state index in [1.54, 1.807) is 38.1 Å². The molecular formula is C12H17NO3. The second-order valence-electron chi connectivity index (χ2n) is 4.28. The van der Waals surface area contributed by atoms with Crippen molar-refractivity contribution in [2.24, 2.45) is 5.41 Å². The number of esters is 1. The van der Waals surface area contributed by atoms with E-state index in [4.69, 9.17) is 5.73 Å². The number of carbonyl (C=O) groups excluding carboxylic acids is 1. The molecule has 0 bridgehead atoms. The van der Waals surface area contributed by atoms with Crippen molar-refractivity contribution in [1.82, 2.24) is 0 Å². The van der Waals surface area contributed by atoms with Gasteiger partial charge in [0.05, 0.1) is 18.6 Å². The van der Waals surface area contributed by atoms with Crippen molar-refractivity contribution < 1.29 is 14.6 Å². The lowest BCUT2D eigenvalue weighted by Gasteiger charge is -2.27. The summed E-state index contributed by atoms with van der Waals surface area (Å²) in [5.74, 6) is -0.447. The van der Waals surface area contributed by atoms with E-state index in [0.717, 1.165) is 0 Å². The molecule has 0 aliphatic rings. The van der Waals surface area contributed by atoms with Crippen LogP contribution in [0.5, 0.6) is 0 Å². The number of nitrogens with two attached hydrogens (primary N) is 1. The first-order valence-electron chi connectivity index (χ1n) is 5.01. The maximum absolute atomic E-state index is 11.5. The molecule has 3 N–H and O–H groups in total. The first-order valence-corrected chi connectivity index (χ1v) is 5.01. The standard InChI is InChI=1S/C12H17NO3/c1-12(2,11(15)16-3)10(14)8-4-6-9(13)7-5-8/h4-7,10,14H,13H2,1-3H3. The van der Waals surface area contributed by atoms with E-state index >= 15 is 0 Å². The minimum atomic E-state index is -0.981. The largest absolute Gasteiger partial charge is 0.469 e. The average molecular weight is 223 g/mol. The third kappa shape index (κ3) is 2.33. The van der Waals surface area contributed by atoms with Gasteiger partial charge in [0.15, 0.2) is 0 Å². The predicted molar refractivity (Wildman–Crippen MR) is 61.6 cm³/mol. The van der Waals surface area contributed by atoms with Crippen molar-refractivity contribution in [1.29, 1.82) is 0 Å². The van der Waals surface area contributed by atoms with Crippen molar-refractivity contribution in [2.75, 3.05) is 12.8 Å². The Bertz CT molecular complexity index is 370. The summed E-state index contributed by atoms with van der Waals surface area (Å²) in [6.07, 6.45) is -0.916. The number of methoxy groups -OCH3 is 1. The van der Waals surface area contributed by atoms with Gasteiger partial charge in [0.2, 0.25) is 0 Å². The van der Waals surface area contributed by atoms with Crippen LogP contribution in [0, 0.1) is 5.41 Å². The fraction of sp³-hybridized carbons (Fsp3) is 0.417. The van der Waals surface area contributed by atoms with E-state index in [-0.39, 0.29) is 0 Å². The van der Waals surface area contributed by atoms with Gasteiger partial charge in [-0.05, 0) is 31.5 Å². The molecule has 0 aromatic heterocycles. The number of carbonyl (C=O) groups is 1. The van der Waals surface area contributed by atoms with Crippen LogP contribution in [0.2, 0.25) is 0 Å². The van der Waals surface area contributed by atoms with Crippen LogP contribution < -0.4 is 5.73 Å². The molecule has 4 heteroatoms. The summed E-state index contributed by atoms with van der Waals surface area (Å²) in [6.45, 7) is 3.28. The van der Waals surface area contributed by atoms with Crippen molar-refractivity contribution in [3.63, 3.8) is 0 Å². The second-order valence-corrected chi connectivity index (χ2v) is 4.28. The molecule has 4 nitrogen and oxygen atoms in total. The Balaban J connectivity index is 2.97. The maximum atomic E-state index is 11.5. The van der Waals surface area contributed by atoms with Crippen LogP contribution in [0.4, 0.5) is 5.69 Å². The van der Waals surface area contributed by atoms with Gasteiger partial charge >= 0.3 is 5.97 Å². The number of benzene rings is 1. The molecule has 0 saturated carbocycles. The molecular weight excluding hydrogens is 206 g/mol. The van der Waals surface area contributed by atoms with Gasteiger partial charge in [-0.15, -0.1) is 0 Å². The van der Waals surface area contributed by atoms with E-state index in [1.807, 2.05) is 0 Å². The Kier molecular flexibility index (Phi) is 3.55. The van der Waals surface area contributed by atoms with Crippen LogP contribution >= 0.6 is 0 Å². The summed E-state index contributed by atoms with van der Waals surface area (Å²) in [5.41, 5.74) is 5.83. The Labute approximate surface area is 95.0 Å². The van der Waals surface area contributed by atoms with Crippen molar-refractivity contribution in [2.45, 2.75) is 20.0 Å². The average Bonchev–Trinajstić information content (AvgIpc) is 2.28. The zero-order valence-electron chi connectivity index (χ0n) is 9.73. The first-order chi connectivity index (χ1) is 7.39. The predicted octanol–water partition coefficient (Wildman–Crippen LogP) is 1.50. The van der Waals surface area contributed by atoms with Crippen LogP contribution in [-0.4, -0.2) is 18.2 Å². The topological polar surface area (TPSA) is 72.5 Å². The summed E-state index contributed by atoms with van der Waals surface area (Å²) in [7, 11) is 1.31. The fourth-order valence-electron chi connectivity index (χ4n) is 1.47. The molecule has 88 valence electrons. The summed E-state index contributed by atoms with van der Waals surface area (Å²) < 4.78 is 4.66. The lowest BCUT2D eigenvalue weighted by molar-refractivity contribution is -0.157. The molecule has 0 spiro atoms. The molecule has 1 aromatic carbocycles. The number of aliphatic hydroxyl groups is 1. The second kappa shape index (κ2) is 4.53. The molecule has 0 saturated heterocycles. The van der Waals surface area contributed by atoms with Gasteiger partial charge in [0, 0.05) is 5.69 Å². The number of anilines is 1. The highest BCUT2D eigenvalue weighted by Gasteiger charge is 2.37. The van der Waals surface area contributed by atoms with E-state index in [9.17, 15) is 9.90 Å². The van der Waals surface area contributed by atoms with Crippen LogP contribution in [0.15, 0.2) is 24.3 Å². The Hall–Kier alpha value is -1.55. The minimum absolute atomic E-state index is 0.447. The van der Waals surface area contributed by atoms with Gasteiger partial charge in [-0.25, -0.2) is 0 Å². The lowest BCUT2D eigenvalue weighted by Crippen LogP contribution is -2.32. The number of nitrogen functional groups attached to an aromatic ring is 1. The summed E-state index contributed by atoms with van der Waals surface area (Å²) in [4.78, 5) is 11.5. The maximum Gasteiger partial charge on any atom is 0.314 e. The molecule has 16 heavy (non-hydrogen) atoms. The van der Waals surface area contributed by atoms with Crippen LogP contribution in [0.1, 0.15) is 25.5 Å². The van der Waals surface area contributed by atoms with E-state index in [1.165, 1.54) is 7.11 Å². The molecule has 1 rings (SSSR count). The Morgan fingerprint density at radius 1 is 1.38 bits per heavy atom. The molecule has 0 radical (unpaired) electrons. The van der Waals surface area contributed by atoms with Crippen molar-refractivity contribution >= 4 is 11.7 Å². The smallest absolute Gasteiger partial charge is 0.314 e. The molecule has 0 fully saturated rings. The zero-order chi connectivity index (χ0) is 12.3. The Morgan fingerprint density at radius 3 is 2.31 bits per heavy atom. The molecule has 0 aliphatic heterocycles. The SMILES string of the molecule is COC(=O)C(C)(C)C(O)c1ccc(N)cc1. The van der Waals surface area contributed by atoms with Gasteiger partial charge in [0.1, 0.15) is 0 Å². The molecule has 0 aliphatic carbocycles. The van der Waals surface area contributed by atoms with Crippen LogP contribution in [-0.2, 0) is 9.53 Å². The van der Waals surface area contributed by atoms with Crippen molar-refractivity contribution in [3.8, 4) is 0 Å². The molecule has 0 amide bonds. The summed E-state index contributed by atoms with van der Waals surface area (Å²) >= 11 is 0. The van der Waals surface area contributed by atoms with E-state index in [2.05, 4.69) is 4.74 Å². The zero-order valence-corrected chi connectivity index (χ0v) is 9.73.